The maximum absolute atomic E-state index is 15.5. The molecule has 0 bridgehead atoms. The molecule has 0 aliphatic carbocycles. The Hall–Kier alpha value is -5.13. The minimum absolute atomic E-state index is 0.122. The van der Waals surface area contributed by atoms with E-state index in [-0.39, 0.29) is 11.6 Å². The molecular formula is C27H24FN9O2. The summed E-state index contributed by atoms with van der Waals surface area (Å²) in [6.07, 6.45) is 6.70. The van der Waals surface area contributed by atoms with Crippen molar-refractivity contribution in [3.63, 3.8) is 0 Å². The number of rotatable bonds is 6. The fourth-order valence-electron chi connectivity index (χ4n) is 4.48. The van der Waals surface area contributed by atoms with Gasteiger partial charge in [-0.05, 0) is 49.8 Å². The van der Waals surface area contributed by atoms with Crippen LogP contribution in [-0.2, 0) is 4.79 Å². The van der Waals surface area contributed by atoms with Crippen LogP contribution >= 0.6 is 0 Å². The van der Waals surface area contributed by atoms with Gasteiger partial charge in [0.2, 0.25) is 5.91 Å². The molecule has 196 valence electrons. The number of aromatic nitrogens is 6. The topological polar surface area (TPSA) is 114 Å². The molecule has 1 fully saturated rings. The maximum Gasteiger partial charge on any atom is 0.247 e. The zero-order valence-electron chi connectivity index (χ0n) is 21.1. The molecular weight excluding hydrogens is 501 g/mol. The first-order valence-electron chi connectivity index (χ1n) is 12.3. The number of benzene rings is 1. The number of hydrogen-bond acceptors (Lipinski definition) is 9. The number of fused-ring (bicyclic) bond motifs is 2. The Morgan fingerprint density at radius 1 is 1.13 bits per heavy atom. The first kappa shape index (κ1) is 24.2. The van der Waals surface area contributed by atoms with Gasteiger partial charge in [0, 0.05) is 30.9 Å². The molecule has 0 saturated carbocycles. The quantitative estimate of drug-likeness (QED) is 0.325. The van der Waals surface area contributed by atoms with E-state index in [4.69, 9.17) is 9.72 Å². The Kier molecular flexibility index (Phi) is 6.19. The van der Waals surface area contributed by atoms with Gasteiger partial charge in [0.15, 0.2) is 17.3 Å². The average molecular weight is 526 g/mol. The highest BCUT2D eigenvalue weighted by molar-refractivity contribution is 5.89. The van der Waals surface area contributed by atoms with E-state index in [2.05, 4.69) is 31.9 Å². The highest BCUT2D eigenvalue weighted by atomic mass is 19.1. The van der Waals surface area contributed by atoms with Gasteiger partial charge in [-0.15, -0.1) is 0 Å². The van der Waals surface area contributed by atoms with Crippen molar-refractivity contribution in [1.29, 1.82) is 0 Å². The summed E-state index contributed by atoms with van der Waals surface area (Å²) in [5, 5.41) is 7.13. The van der Waals surface area contributed by atoms with Crippen molar-refractivity contribution in [1.82, 2.24) is 34.4 Å². The van der Waals surface area contributed by atoms with Gasteiger partial charge in [0.1, 0.15) is 35.5 Å². The Labute approximate surface area is 222 Å². The summed E-state index contributed by atoms with van der Waals surface area (Å²) < 4.78 is 23.0. The first-order chi connectivity index (χ1) is 19.0. The second kappa shape index (κ2) is 9.97. The standard InChI is InChI=1S/C27H24FN9O2/c1-3-24(38)36-11-4-10-35(16-36)22-8-6-20-26(34-22)27(31-14-29-20)33-19-5-7-21(17(2)25(19)28)39-18-9-12-37-23(13-18)30-15-32-37/h3,5-9,12-15H,1,4,10-11,16H2,2H3,(H,29,31,33). The molecule has 1 amide bonds. The third-order valence-corrected chi connectivity index (χ3v) is 6.54. The lowest BCUT2D eigenvalue weighted by Gasteiger charge is -2.35. The molecule has 1 saturated heterocycles. The van der Waals surface area contributed by atoms with E-state index in [0.29, 0.717) is 58.6 Å². The molecule has 0 spiro atoms. The molecule has 1 aliphatic rings. The van der Waals surface area contributed by atoms with Gasteiger partial charge in [-0.1, -0.05) is 6.58 Å². The number of nitrogens with zero attached hydrogens (tertiary/aromatic N) is 8. The molecule has 0 radical (unpaired) electrons. The smallest absolute Gasteiger partial charge is 0.247 e. The van der Waals surface area contributed by atoms with Crippen molar-refractivity contribution < 1.29 is 13.9 Å². The van der Waals surface area contributed by atoms with Crippen LogP contribution in [0.3, 0.4) is 0 Å². The first-order valence-corrected chi connectivity index (χ1v) is 12.3. The molecule has 1 aromatic carbocycles. The predicted molar refractivity (Wildman–Crippen MR) is 144 cm³/mol. The second-order valence-corrected chi connectivity index (χ2v) is 9.03. The molecule has 39 heavy (non-hydrogen) atoms. The number of carbonyl (C=O) groups excluding carboxylic acids is 1. The van der Waals surface area contributed by atoms with Crippen molar-refractivity contribution in [3.05, 3.63) is 79.3 Å². The molecule has 4 aromatic heterocycles. The number of amides is 1. The predicted octanol–water partition coefficient (Wildman–Crippen LogP) is 4.23. The van der Waals surface area contributed by atoms with Crippen LogP contribution in [0.4, 0.5) is 21.7 Å². The number of anilines is 3. The Morgan fingerprint density at radius 2 is 2.03 bits per heavy atom. The molecule has 1 aliphatic heterocycles. The summed E-state index contributed by atoms with van der Waals surface area (Å²) in [4.78, 5) is 33.4. The largest absolute Gasteiger partial charge is 0.457 e. The average Bonchev–Trinajstić information content (AvgIpc) is 3.44. The monoisotopic (exact) mass is 525 g/mol. The van der Waals surface area contributed by atoms with Crippen molar-refractivity contribution in [3.8, 4) is 11.5 Å². The van der Waals surface area contributed by atoms with Crippen LogP contribution < -0.4 is 15.0 Å². The van der Waals surface area contributed by atoms with Crippen LogP contribution in [0.1, 0.15) is 12.0 Å². The van der Waals surface area contributed by atoms with Gasteiger partial charge in [0.05, 0.1) is 17.9 Å². The van der Waals surface area contributed by atoms with E-state index < -0.39 is 5.82 Å². The number of carbonyl (C=O) groups is 1. The summed E-state index contributed by atoms with van der Waals surface area (Å²) in [7, 11) is 0. The van der Waals surface area contributed by atoms with Gasteiger partial charge in [0.25, 0.3) is 0 Å². The second-order valence-electron chi connectivity index (χ2n) is 9.03. The summed E-state index contributed by atoms with van der Waals surface area (Å²) >= 11 is 0. The van der Waals surface area contributed by atoms with Crippen molar-refractivity contribution in [2.24, 2.45) is 0 Å². The number of pyridine rings is 2. The van der Waals surface area contributed by atoms with Crippen molar-refractivity contribution >= 4 is 39.9 Å². The van der Waals surface area contributed by atoms with E-state index in [1.54, 1.807) is 46.8 Å². The van der Waals surface area contributed by atoms with Gasteiger partial charge >= 0.3 is 0 Å². The van der Waals surface area contributed by atoms with Gasteiger partial charge in [-0.25, -0.2) is 28.8 Å². The maximum atomic E-state index is 15.5. The Bertz CT molecular complexity index is 1720. The minimum Gasteiger partial charge on any atom is -0.457 e. The fourth-order valence-corrected chi connectivity index (χ4v) is 4.48. The highest BCUT2D eigenvalue weighted by Gasteiger charge is 2.22. The van der Waals surface area contributed by atoms with Crippen molar-refractivity contribution in [2.75, 3.05) is 30.0 Å². The normalized spacial score (nSPS) is 13.6. The zero-order valence-corrected chi connectivity index (χ0v) is 21.1. The zero-order chi connectivity index (χ0) is 26.9. The van der Waals surface area contributed by atoms with E-state index in [1.165, 1.54) is 18.7 Å². The molecule has 1 N–H and O–H groups in total. The van der Waals surface area contributed by atoms with Gasteiger partial charge < -0.3 is 19.9 Å². The third kappa shape index (κ3) is 4.67. The molecule has 5 heterocycles. The van der Waals surface area contributed by atoms with Crippen LogP contribution in [-0.4, -0.2) is 60.1 Å². The molecule has 12 heteroatoms. The van der Waals surface area contributed by atoms with Crippen LogP contribution in [0.25, 0.3) is 16.7 Å². The number of nitrogens with one attached hydrogen (secondary N) is 1. The Morgan fingerprint density at radius 3 is 2.90 bits per heavy atom. The van der Waals surface area contributed by atoms with Crippen LogP contribution in [0.15, 0.2) is 67.9 Å². The van der Waals surface area contributed by atoms with E-state index >= 15 is 4.39 Å². The SMILES string of the molecule is C=CC(=O)N1CCCN(c2ccc3ncnc(Nc4ccc(Oc5ccn6ncnc6c5)c(C)c4F)c3n2)C1. The highest BCUT2D eigenvalue weighted by Crippen LogP contribution is 2.33. The van der Waals surface area contributed by atoms with Crippen LogP contribution in [0, 0.1) is 12.7 Å². The summed E-state index contributed by atoms with van der Waals surface area (Å²) in [6, 6.07) is 10.4. The summed E-state index contributed by atoms with van der Waals surface area (Å²) in [5.74, 6) is 1.33. The van der Waals surface area contributed by atoms with Crippen LogP contribution in [0.5, 0.6) is 11.5 Å². The van der Waals surface area contributed by atoms with Crippen LogP contribution in [0.2, 0.25) is 0 Å². The van der Waals surface area contributed by atoms with Gasteiger partial charge in [-0.2, -0.15) is 5.10 Å². The molecule has 11 nitrogen and oxygen atoms in total. The van der Waals surface area contributed by atoms with Crippen molar-refractivity contribution in [2.45, 2.75) is 13.3 Å². The minimum atomic E-state index is -0.478. The lowest BCUT2D eigenvalue weighted by Crippen LogP contribution is -2.47. The van der Waals surface area contributed by atoms with E-state index in [1.807, 2.05) is 17.0 Å². The summed E-state index contributed by atoms with van der Waals surface area (Å²) in [5.41, 5.74) is 2.26. The molecule has 5 aromatic rings. The van der Waals surface area contributed by atoms with Gasteiger partial charge in [-0.3, -0.25) is 4.79 Å². The summed E-state index contributed by atoms with van der Waals surface area (Å²) in [6.45, 7) is 7.04. The Balaban J connectivity index is 1.27. The molecule has 0 atom stereocenters. The third-order valence-electron chi connectivity index (χ3n) is 6.54. The lowest BCUT2D eigenvalue weighted by atomic mass is 10.1. The number of ether oxygens (including phenoxy) is 1. The number of hydrogen-bond donors (Lipinski definition) is 1. The molecule has 0 unspecified atom stereocenters. The van der Waals surface area contributed by atoms with E-state index in [9.17, 15) is 4.79 Å². The lowest BCUT2D eigenvalue weighted by molar-refractivity contribution is -0.126. The van der Waals surface area contributed by atoms with E-state index in [0.717, 1.165) is 13.0 Å². The number of halogens is 1. The fraction of sp³-hybridized carbons (Fsp3) is 0.185. The molecule has 6 rings (SSSR count).